The third kappa shape index (κ3) is 3.46. The van der Waals surface area contributed by atoms with Crippen molar-refractivity contribution in [1.29, 1.82) is 0 Å². The van der Waals surface area contributed by atoms with Gasteiger partial charge in [-0.1, -0.05) is 18.2 Å². The second-order valence-electron chi connectivity index (χ2n) is 5.53. The van der Waals surface area contributed by atoms with Crippen LogP contribution in [-0.2, 0) is 4.74 Å². The van der Waals surface area contributed by atoms with Crippen molar-refractivity contribution in [3.8, 4) is 11.3 Å². The van der Waals surface area contributed by atoms with E-state index in [-0.39, 0.29) is 5.97 Å². The molecule has 0 radical (unpaired) electrons. The van der Waals surface area contributed by atoms with Crippen LogP contribution in [0.4, 0.5) is 10.8 Å². The minimum atomic E-state index is -0.353. The summed E-state index contributed by atoms with van der Waals surface area (Å²) in [6, 6.07) is 13.5. The number of hydrogen-bond donors (Lipinski definition) is 1. The third-order valence-electron chi connectivity index (χ3n) is 3.84. The normalized spacial score (nSPS) is 10.5. The van der Waals surface area contributed by atoms with E-state index in [1.165, 1.54) is 29.6 Å². The van der Waals surface area contributed by atoms with Crippen LogP contribution in [0.5, 0.6) is 0 Å². The van der Waals surface area contributed by atoms with Crippen molar-refractivity contribution in [1.82, 2.24) is 4.98 Å². The van der Waals surface area contributed by atoms with Gasteiger partial charge >= 0.3 is 5.97 Å². The van der Waals surface area contributed by atoms with E-state index in [4.69, 9.17) is 4.74 Å². The maximum absolute atomic E-state index is 11.6. The molecule has 0 saturated carbocycles. The zero-order valence-electron chi connectivity index (χ0n) is 13.8. The second kappa shape index (κ2) is 6.84. The molecule has 0 atom stereocenters. The highest BCUT2D eigenvalue weighted by Gasteiger charge is 2.08. The molecule has 3 rings (SSSR count). The fourth-order valence-electron chi connectivity index (χ4n) is 2.33. The van der Waals surface area contributed by atoms with E-state index in [9.17, 15) is 4.79 Å². The predicted molar refractivity (Wildman–Crippen MR) is 98.1 cm³/mol. The van der Waals surface area contributed by atoms with Crippen LogP contribution in [-0.4, -0.2) is 18.1 Å². The summed E-state index contributed by atoms with van der Waals surface area (Å²) in [6.45, 7) is 4.20. The van der Waals surface area contributed by atoms with Crippen molar-refractivity contribution in [2.45, 2.75) is 13.8 Å². The van der Waals surface area contributed by atoms with Gasteiger partial charge in [0.05, 0.1) is 18.4 Å². The molecular weight excluding hydrogens is 320 g/mol. The first kappa shape index (κ1) is 16.2. The molecule has 0 aliphatic carbocycles. The average molecular weight is 338 g/mol. The van der Waals surface area contributed by atoms with E-state index < -0.39 is 0 Å². The molecular formula is C19H18N2O2S. The van der Waals surface area contributed by atoms with E-state index in [0.29, 0.717) is 5.56 Å². The summed E-state index contributed by atoms with van der Waals surface area (Å²) in [4.78, 5) is 16.2. The summed E-state index contributed by atoms with van der Waals surface area (Å²) in [5.41, 5.74) is 5.88. The molecule has 122 valence electrons. The van der Waals surface area contributed by atoms with Crippen LogP contribution in [0.15, 0.2) is 47.8 Å². The zero-order valence-corrected chi connectivity index (χ0v) is 14.6. The van der Waals surface area contributed by atoms with Gasteiger partial charge in [0.15, 0.2) is 5.13 Å². The lowest BCUT2D eigenvalue weighted by Gasteiger charge is -2.05. The van der Waals surface area contributed by atoms with Crippen LogP contribution < -0.4 is 5.32 Å². The number of hydrogen-bond acceptors (Lipinski definition) is 5. The van der Waals surface area contributed by atoms with Crippen molar-refractivity contribution in [3.63, 3.8) is 0 Å². The Kier molecular flexibility index (Phi) is 4.62. The zero-order chi connectivity index (χ0) is 17.1. The van der Waals surface area contributed by atoms with E-state index >= 15 is 0 Å². The Balaban J connectivity index is 1.81. The van der Waals surface area contributed by atoms with Gasteiger partial charge in [-0.25, -0.2) is 9.78 Å². The number of thiazole rings is 1. The number of carbonyl (C=O) groups excluding carboxylic acids is 1. The van der Waals surface area contributed by atoms with E-state index in [1.54, 1.807) is 12.1 Å². The predicted octanol–water partition coefficient (Wildman–Crippen LogP) is 4.96. The highest BCUT2D eigenvalue weighted by molar-refractivity contribution is 7.14. The van der Waals surface area contributed by atoms with Crippen LogP contribution in [0.2, 0.25) is 0 Å². The Morgan fingerprint density at radius 1 is 1.12 bits per heavy atom. The second-order valence-corrected chi connectivity index (χ2v) is 6.39. The van der Waals surface area contributed by atoms with Crippen LogP contribution >= 0.6 is 11.3 Å². The molecule has 2 aromatic carbocycles. The van der Waals surface area contributed by atoms with Gasteiger partial charge in [0.2, 0.25) is 0 Å². The monoisotopic (exact) mass is 338 g/mol. The topological polar surface area (TPSA) is 51.2 Å². The molecule has 1 heterocycles. The van der Waals surface area contributed by atoms with Crippen molar-refractivity contribution in [2.24, 2.45) is 0 Å². The Morgan fingerprint density at radius 2 is 1.96 bits per heavy atom. The number of benzene rings is 2. The Labute approximate surface area is 145 Å². The maximum atomic E-state index is 11.6. The lowest BCUT2D eigenvalue weighted by molar-refractivity contribution is 0.0601. The maximum Gasteiger partial charge on any atom is 0.337 e. The number of anilines is 2. The number of esters is 1. The third-order valence-corrected chi connectivity index (χ3v) is 4.60. The number of carbonyl (C=O) groups is 1. The van der Waals surface area contributed by atoms with E-state index in [2.05, 4.69) is 42.3 Å². The van der Waals surface area contributed by atoms with Gasteiger partial charge in [0, 0.05) is 16.6 Å². The van der Waals surface area contributed by atoms with Gasteiger partial charge in [0.25, 0.3) is 0 Å². The van der Waals surface area contributed by atoms with Crippen molar-refractivity contribution in [2.75, 3.05) is 12.4 Å². The summed E-state index contributed by atoms with van der Waals surface area (Å²) >= 11 is 1.53. The molecule has 3 aromatic rings. The van der Waals surface area contributed by atoms with Crippen molar-refractivity contribution >= 4 is 28.1 Å². The van der Waals surface area contributed by atoms with Crippen molar-refractivity contribution < 1.29 is 9.53 Å². The Bertz CT molecular complexity index is 887. The molecule has 1 N–H and O–H groups in total. The van der Waals surface area contributed by atoms with Crippen LogP contribution in [0.3, 0.4) is 0 Å². The standard InChI is InChI=1S/C19H18N2O2S/c1-12-7-8-14(9-13(12)2)17-11-24-19(21-17)20-16-6-4-5-15(10-16)18(22)23-3/h4-11H,1-3H3,(H,20,21). The highest BCUT2D eigenvalue weighted by Crippen LogP contribution is 2.28. The molecule has 0 fully saturated rings. The molecule has 0 unspecified atom stereocenters. The lowest BCUT2D eigenvalue weighted by atomic mass is 10.1. The van der Waals surface area contributed by atoms with Gasteiger partial charge in [-0.2, -0.15) is 0 Å². The number of ether oxygens (including phenoxy) is 1. The summed E-state index contributed by atoms with van der Waals surface area (Å²) < 4.78 is 4.74. The number of rotatable bonds is 4. The molecule has 0 aliphatic heterocycles. The smallest absolute Gasteiger partial charge is 0.337 e. The van der Waals surface area contributed by atoms with Gasteiger partial charge in [-0.05, 0) is 49.2 Å². The molecule has 0 bridgehead atoms. The molecule has 4 nitrogen and oxygen atoms in total. The summed E-state index contributed by atoms with van der Waals surface area (Å²) in [7, 11) is 1.37. The molecule has 5 heteroatoms. The molecule has 24 heavy (non-hydrogen) atoms. The molecule has 0 spiro atoms. The molecule has 0 amide bonds. The number of methoxy groups -OCH3 is 1. The SMILES string of the molecule is COC(=O)c1cccc(Nc2nc(-c3ccc(C)c(C)c3)cs2)c1. The number of nitrogens with zero attached hydrogens (tertiary/aromatic N) is 1. The van der Waals surface area contributed by atoms with Gasteiger partial charge in [-0.15, -0.1) is 11.3 Å². The Hall–Kier alpha value is -2.66. The first-order chi connectivity index (χ1) is 11.6. The molecule has 0 aliphatic rings. The largest absolute Gasteiger partial charge is 0.465 e. The van der Waals surface area contributed by atoms with Gasteiger partial charge < -0.3 is 10.1 Å². The first-order valence-electron chi connectivity index (χ1n) is 7.55. The quantitative estimate of drug-likeness (QED) is 0.683. The minimum Gasteiger partial charge on any atom is -0.465 e. The fourth-order valence-corrected chi connectivity index (χ4v) is 3.07. The molecule has 1 aromatic heterocycles. The van der Waals surface area contributed by atoms with Crippen LogP contribution in [0, 0.1) is 13.8 Å². The van der Waals surface area contributed by atoms with Gasteiger partial charge in [0.1, 0.15) is 0 Å². The first-order valence-corrected chi connectivity index (χ1v) is 8.43. The van der Waals surface area contributed by atoms with Crippen molar-refractivity contribution in [3.05, 3.63) is 64.5 Å². The number of aryl methyl sites for hydroxylation is 2. The lowest BCUT2D eigenvalue weighted by Crippen LogP contribution is -2.01. The number of nitrogens with one attached hydrogen (secondary N) is 1. The molecule has 0 saturated heterocycles. The fraction of sp³-hybridized carbons (Fsp3) is 0.158. The summed E-state index contributed by atoms with van der Waals surface area (Å²) in [6.07, 6.45) is 0. The van der Waals surface area contributed by atoms with Crippen LogP contribution in [0.25, 0.3) is 11.3 Å². The summed E-state index contributed by atoms with van der Waals surface area (Å²) in [5, 5.41) is 6.05. The highest BCUT2D eigenvalue weighted by atomic mass is 32.1. The van der Waals surface area contributed by atoms with E-state index in [0.717, 1.165) is 22.1 Å². The van der Waals surface area contributed by atoms with E-state index in [1.807, 2.05) is 17.5 Å². The minimum absolute atomic E-state index is 0.353. The Morgan fingerprint density at radius 3 is 2.71 bits per heavy atom. The number of aromatic nitrogens is 1. The van der Waals surface area contributed by atoms with Gasteiger partial charge in [-0.3, -0.25) is 0 Å². The average Bonchev–Trinajstić information content (AvgIpc) is 3.05. The summed E-state index contributed by atoms with van der Waals surface area (Å²) in [5.74, 6) is -0.353. The van der Waals surface area contributed by atoms with Crippen LogP contribution in [0.1, 0.15) is 21.5 Å².